The van der Waals surface area contributed by atoms with Crippen LogP contribution in [0.15, 0.2) is 50.2 Å². The highest BCUT2D eigenvalue weighted by atomic mass is 79.9. The van der Waals surface area contributed by atoms with Gasteiger partial charge in [-0.2, -0.15) is 31.6 Å². The zero-order chi connectivity index (χ0) is 28.5. The monoisotopic (exact) mass is 691 g/mol. The standard InChI is InChI=1S/C21H17Br2F6N5O3S/c22-13-1-2-17(23)18(6-13)38(36,37)33-15-7-16(34(9-15)10-30)8-31-19(35)32-14-4-11(20(24,25)26)3-12(5-14)21(27,28)29/h1-6,15-16,33H,7-9H2,(H2,31,32,35). The van der Waals surface area contributed by atoms with E-state index in [9.17, 15) is 44.8 Å². The minimum Gasteiger partial charge on any atom is -0.336 e. The van der Waals surface area contributed by atoms with Crippen LogP contribution in [0, 0.1) is 11.5 Å². The summed E-state index contributed by atoms with van der Waals surface area (Å²) in [6, 6.07) is 2.65. The number of carbonyl (C=O) groups excluding carboxylic acids is 1. The second kappa shape index (κ2) is 11.3. The molecule has 1 aliphatic heterocycles. The van der Waals surface area contributed by atoms with Crippen molar-refractivity contribution in [3.63, 3.8) is 0 Å². The largest absolute Gasteiger partial charge is 0.416 e. The molecule has 0 radical (unpaired) electrons. The molecule has 8 nitrogen and oxygen atoms in total. The topological polar surface area (TPSA) is 114 Å². The van der Waals surface area contributed by atoms with Crippen LogP contribution in [0.1, 0.15) is 17.5 Å². The van der Waals surface area contributed by atoms with Crippen molar-refractivity contribution >= 4 is 53.6 Å². The van der Waals surface area contributed by atoms with Crippen molar-refractivity contribution in [1.29, 1.82) is 5.26 Å². The number of nitrogens with zero attached hydrogens (tertiary/aromatic N) is 2. The molecule has 2 amide bonds. The average Bonchev–Trinajstić information content (AvgIpc) is 3.18. The molecule has 1 fully saturated rings. The smallest absolute Gasteiger partial charge is 0.336 e. The summed E-state index contributed by atoms with van der Waals surface area (Å²) >= 11 is 6.36. The van der Waals surface area contributed by atoms with Gasteiger partial charge in [-0.1, -0.05) is 15.9 Å². The Bertz CT molecular complexity index is 1330. The van der Waals surface area contributed by atoms with Crippen LogP contribution >= 0.6 is 31.9 Å². The lowest BCUT2D eigenvalue weighted by Gasteiger charge is -2.19. The van der Waals surface area contributed by atoms with Gasteiger partial charge in [-0.25, -0.2) is 17.9 Å². The fraction of sp³-hybridized carbons (Fsp3) is 0.333. The fourth-order valence-electron chi connectivity index (χ4n) is 3.70. The van der Waals surface area contributed by atoms with Gasteiger partial charge in [-0.05, 0) is 58.7 Å². The van der Waals surface area contributed by atoms with E-state index < -0.39 is 57.3 Å². The number of sulfonamides is 1. The van der Waals surface area contributed by atoms with E-state index >= 15 is 0 Å². The van der Waals surface area contributed by atoms with Crippen molar-refractivity contribution in [3.8, 4) is 6.19 Å². The van der Waals surface area contributed by atoms with Crippen LogP contribution in [0.5, 0.6) is 0 Å². The first kappa shape index (κ1) is 30.0. The van der Waals surface area contributed by atoms with Gasteiger partial charge in [0.2, 0.25) is 10.0 Å². The van der Waals surface area contributed by atoms with Crippen LogP contribution in [0.3, 0.4) is 0 Å². The minimum absolute atomic E-state index is 0.0299. The molecule has 38 heavy (non-hydrogen) atoms. The first-order valence-electron chi connectivity index (χ1n) is 10.5. The number of nitriles is 1. The third-order valence-corrected chi connectivity index (χ3v) is 8.40. The molecule has 2 aromatic rings. The first-order chi connectivity index (χ1) is 17.5. The summed E-state index contributed by atoms with van der Waals surface area (Å²) in [6.07, 6.45) is -8.21. The maximum atomic E-state index is 13.0. The van der Waals surface area contributed by atoms with Gasteiger partial charge in [0.1, 0.15) is 0 Å². The lowest BCUT2D eigenvalue weighted by atomic mass is 10.1. The van der Waals surface area contributed by atoms with Crippen LogP contribution in [0.4, 0.5) is 36.8 Å². The first-order valence-corrected chi connectivity index (χ1v) is 13.5. The number of hydrogen-bond acceptors (Lipinski definition) is 5. The normalized spacial score (nSPS) is 18.2. The molecule has 3 rings (SSSR count). The molecule has 0 aromatic heterocycles. The van der Waals surface area contributed by atoms with Crippen molar-refractivity contribution in [3.05, 3.63) is 56.5 Å². The van der Waals surface area contributed by atoms with Gasteiger partial charge in [0, 0.05) is 33.8 Å². The molecular formula is C21H17Br2F6N5O3S. The molecule has 0 saturated carbocycles. The number of carbonyl (C=O) groups is 1. The number of hydrogen-bond donors (Lipinski definition) is 3. The predicted molar refractivity (Wildman–Crippen MR) is 130 cm³/mol. The van der Waals surface area contributed by atoms with Crippen LogP contribution in [-0.4, -0.2) is 44.5 Å². The van der Waals surface area contributed by atoms with Crippen molar-refractivity contribution in [2.45, 2.75) is 35.8 Å². The van der Waals surface area contributed by atoms with E-state index in [2.05, 4.69) is 41.9 Å². The molecule has 2 atom stereocenters. The van der Waals surface area contributed by atoms with Gasteiger partial charge in [0.25, 0.3) is 0 Å². The summed E-state index contributed by atoms with van der Waals surface area (Å²) in [6.45, 7) is -0.277. The number of nitrogens with one attached hydrogen (secondary N) is 3. The lowest BCUT2D eigenvalue weighted by Crippen LogP contribution is -2.39. The van der Waals surface area contributed by atoms with Gasteiger partial charge < -0.3 is 15.5 Å². The minimum atomic E-state index is -5.08. The highest BCUT2D eigenvalue weighted by Gasteiger charge is 2.38. The van der Waals surface area contributed by atoms with Crippen molar-refractivity contribution in [1.82, 2.24) is 14.9 Å². The summed E-state index contributed by atoms with van der Waals surface area (Å²) in [5.74, 6) is 0. The zero-order valence-corrected chi connectivity index (χ0v) is 22.8. The summed E-state index contributed by atoms with van der Waals surface area (Å²) in [4.78, 5) is 13.4. The zero-order valence-electron chi connectivity index (χ0n) is 18.8. The van der Waals surface area contributed by atoms with Gasteiger partial charge in [-0.15, -0.1) is 0 Å². The molecular weight excluding hydrogens is 676 g/mol. The molecule has 17 heteroatoms. The second-order valence-corrected chi connectivity index (χ2v) is 11.6. The summed E-state index contributed by atoms with van der Waals surface area (Å²) in [5, 5.41) is 13.6. The van der Waals surface area contributed by atoms with Gasteiger partial charge in [0.05, 0.1) is 22.1 Å². The summed E-state index contributed by atoms with van der Waals surface area (Å²) < 4.78 is 107. The Morgan fingerprint density at radius 3 is 2.21 bits per heavy atom. The average molecular weight is 693 g/mol. The third-order valence-electron chi connectivity index (χ3n) is 5.39. The van der Waals surface area contributed by atoms with E-state index in [1.165, 1.54) is 17.0 Å². The fourth-order valence-corrected chi connectivity index (χ4v) is 6.44. The van der Waals surface area contributed by atoms with E-state index in [4.69, 9.17) is 0 Å². The molecule has 0 spiro atoms. The van der Waals surface area contributed by atoms with Crippen molar-refractivity contribution in [2.75, 3.05) is 18.4 Å². The predicted octanol–water partition coefficient (Wildman–Crippen LogP) is 5.27. The van der Waals surface area contributed by atoms with Crippen LogP contribution < -0.4 is 15.4 Å². The number of alkyl halides is 6. The Balaban J connectivity index is 1.66. The van der Waals surface area contributed by atoms with Crippen LogP contribution in [0.25, 0.3) is 0 Å². The number of likely N-dealkylation sites (tertiary alicyclic amines) is 1. The third kappa shape index (κ3) is 7.52. The molecule has 3 N–H and O–H groups in total. The van der Waals surface area contributed by atoms with E-state index in [1.807, 2.05) is 11.5 Å². The number of urea groups is 1. The van der Waals surface area contributed by atoms with Gasteiger partial charge in [0.15, 0.2) is 6.19 Å². The quantitative estimate of drug-likeness (QED) is 0.282. The molecule has 1 aliphatic rings. The molecule has 1 saturated heterocycles. The van der Waals surface area contributed by atoms with Crippen LogP contribution in [0.2, 0.25) is 0 Å². The van der Waals surface area contributed by atoms with E-state index in [1.54, 1.807) is 6.07 Å². The second-order valence-electron chi connectivity index (χ2n) is 8.16. The number of anilines is 1. The van der Waals surface area contributed by atoms with E-state index in [-0.39, 0.29) is 30.5 Å². The molecule has 2 aromatic carbocycles. The number of amides is 2. The Morgan fingerprint density at radius 2 is 1.66 bits per heavy atom. The number of rotatable bonds is 6. The Morgan fingerprint density at radius 1 is 1.05 bits per heavy atom. The van der Waals surface area contributed by atoms with Gasteiger partial charge in [-0.3, -0.25) is 0 Å². The van der Waals surface area contributed by atoms with Crippen LogP contribution in [-0.2, 0) is 22.4 Å². The molecule has 0 aliphatic carbocycles. The molecule has 206 valence electrons. The molecule has 2 unspecified atom stereocenters. The van der Waals surface area contributed by atoms with E-state index in [0.29, 0.717) is 21.1 Å². The number of halogens is 8. The SMILES string of the molecule is N#CN1CC(NS(=O)(=O)c2cc(Br)ccc2Br)CC1CNC(=O)Nc1cc(C(F)(F)F)cc(C(F)(F)F)c1. The van der Waals surface area contributed by atoms with Gasteiger partial charge >= 0.3 is 18.4 Å². The highest BCUT2D eigenvalue weighted by molar-refractivity contribution is 9.11. The summed E-state index contributed by atoms with van der Waals surface area (Å²) in [5.41, 5.74) is -3.93. The Labute approximate surface area is 229 Å². The highest BCUT2D eigenvalue weighted by Crippen LogP contribution is 2.37. The Hall–Kier alpha value is -2.55. The number of benzene rings is 2. The molecule has 0 bridgehead atoms. The van der Waals surface area contributed by atoms with Crippen molar-refractivity contribution < 1.29 is 39.6 Å². The summed E-state index contributed by atoms with van der Waals surface area (Å²) in [7, 11) is -4.00. The maximum absolute atomic E-state index is 13.0. The molecule has 1 heterocycles. The maximum Gasteiger partial charge on any atom is 0.416 e. The lowest BCUT2D eigenvalue weighted by molar-refractivity contribution is -0.143. The van der Waals surface area contributed by atoms with Crippen molar-refractivity contribution in [2.24, 2.45) is 0 Å². The Kier molecular flexibility index (Phi) is 8.91. The van der Waals surface area contributed by atoms with E-state index in [0.717, 1.165) is 0 Å².